The van der Waals surface area contributed by atoms with Gasteiger partial charge in [-0.3, -0.25) is 0 Å². The lowest BCUT2D eigenvalue weighted by molar-refractivity contribution is -0.0766. The number of rotatable bonds is 2. The van der Waals surface area contributed by atoms with Crippen molar-refractivity contribution in [3.05, 3.63) is 72.3 Å². The summed E-state index contributed by atoms with van der Waals surface area (Å²) < 4.78 is 0. The quantitative estimate of drug-likeness (QED) is 0.263. The Morgan fingerprint density at radius 2 is 1.61 bits per heavy atom. The predicted molar refractivity (Wildman–Crippen MR) is 125 cm³/mol. The molecular weight excluding hydrogens is 418 g/mol. The Kier molecular flexibility index (Phi) is 3.73. The van der Waals surface area contributed by atoms with Gasteiger partial charge in [0.15, 0.2) is 11.5 Å². The topological polar surface area (TPSA) is 127 Å². The van der Waals surface area contributed by atoms with E-state index in [2.05, 4.69) is 49.5 Å². The summed E-state index contributed by atoms with van der Waals surface area (Å²) in [6.07, 6.45) is -0.909. The Hall–Kier alpha value is -3.85. The van der Waals surface area contributed by atoms with Gasteiger partial charge >= 0.3 is 0 Å². The average molecular weight is 437 g/mol. The molecule has 6 aromatic rings. The minimum Gasteiger partial charge on any atom is -0.388 e. The van der Waals surface area contributed by atoms with E-state index in [0.29, 0.717) is 22.5 Å². The lowest BCUT2D eigenvalue weighted by atomic mass is 9.77. The van der Waals surface area contributed by atoms with Crippen LogP contribution in [-0.4, -0.2) is 47.5 Å². The molecule has 0 saturated carbocycles. The highest BCUT2D eigenvalue weighted by Gasteiger charge is 2.42. The Morgan fingerprint density at radius 3 is 2.45 bits per heavy atom. The Morgan fingerprint density at radius 1 is 0.818 bits per heavy atom. The van der Waals surface area contributed by atoms with Crippen molar-refractivity contribution in [2.45, 2.75) is 24.4 Å². The molecule has 4 aromatic carbocycles. The summed E-state index contributed by atoms with van der Waals surface area (Å²) >= 11 is 0. The van der Waals surface area contributed by atoms with Gasteiger partial charge in [-0.05, 0) is 49.5 Å². The van der Waals surface area contributed by atoms with Gasteiger partial charge in [-0.2, -0.15) is 0 Å². The fourth-order valence-corrected chi connectivity index (χ4v) is 5.36. The van der Waals surface area contributed by atoms with Gasteiger partial charge in [0, 0.05) is 0 Å². The molecule has 0 bridgehead atoms. The minimum absolute atomic E-state index is 0.460. The molecule has 2 aromatic heterocycles. The highest BCUT2D eigenvalue weighted by Crippen LogP contribution is 2.46. The Bertz CT molecular complexity index is 1660. The number of aliphatic hydroxyl groups excluding tert-OH is 3. The minimum atomic E-state index is -1.36. The van der Waals surface area contributed by atoms with Crippen LogP contribution in [0.4, 0.5) is 5.82 Å². The van der Waals surface area contributed by atoms with Crippen molar-refractivity contribution >= 4 is 49.3 Å². The zero-order valence-corrected chi connectivity index (χ0v) is 17.3. The number of imidazole rings is 1. The molecule has 0 spiro atoms. The molecule has 0 unspecified atom stereocenters. The first kappa shape index (κ1) is 18.7. The van der Waals surface area contributed by atoms with Crippen LogP contribution in [0.3, 0.4) is 0 Å². The Balaban J connectivity index is 1.54. The molecule has 8 nitrogen and oxygen atoms in total. The van der Waals surface area contributed by atoms with Gasteiger partial charge in [0.25, 0.3) is 0 Å². The van der Waals surface area contributed by atoms with Gasteiger partial charge in [-0.25, -0.2) is 15.0 Å². The smallest absolute Gasteiger partial charge is 0.182 e. The molecule has 4 atom stereocenters. The third-order valence-electron chi connectivity index (χ3n) is 6.88. The second-order valence-electron chi connectivity index (χ2n) is 8.61. The molecule has 5 N–H and O–H groups in total. The fraction of sp³-hybridized carbons (Fsp3) is 0.160. The molecule has 0 radical (unpaired) electrons. The average Bonchev–Trinajstić information content (AvgIpc) is 3.33. The van der Waals surface area contributed by atoms with Crippen molar-refractivity contribution in [1.29, 1.82) is 0 Å². The van der Waals surface area contributed by atoms with Crippen LogP contribution in [0.15, 0.2) is 61.2 Å². The van der Waals surface area contributed by atoms with Crippen LogP contribution in [0.1, 0.15) is 23.3 Å². The molecule has 33 heavy (non-hydrogen) atoms. The van der Waals surface area contributed by atoms with Gasteiger partial charge < -0.3 is 25.6 Å². The van der Waals surface area contributed by atoms with Crippen molar-refractivity contribution < 1.29 is 15.3 Å². The number of benzene rings is 4. The highest BCUT2D eigenvalue weighted by molar-refractivity contribution is 6.24. The van der Waals surface area contributed by atoms with Gasteiger partial charge in [-0.1, -0.05) is 42.5 Å². The van der Waals surface area contributed by atoms with Crippen LogP contribution < -0.4 is 5.32 Å². The van der Waals surface area contributed by atoms with Gasteiger partial charge in [-0.15, -0.1) is 0 Å². The van der Waals surface area contributed by atoms with Gasteiger partial charge in [0.2, 0.25) is 0 Å². The summed E-state index contributed by atoms with van der Waals surface area (Å²) in [7, 11) is 0. The van der Waals surface area contributed by atoms with Crippen LogP contribution >= 0.6 is 0 Å². The monoisotopic (exact) mass is 437 g/mol. The third-order valence-corrected chi connectivity index (χ3v) is 6.88. The van der Waals surface area contributed by atoms with E-state index in [1.165, 1.54) is 12.7 Å². The van der Waals surface area contributed by atoms with E-state index in [1.807, 2.05) is 24.3 Å². The maximum Gasteiger partial charge on any atom is 0.182 e. The second kappa shape index (κ2) is 6.58. The van der Waals surface area contributed by atoms with Crippen LogP contribution in [0.2, 0.25) is 0 Å². The summed E-state index contributed by atoms with van der Waals surface area (Å²) in [6.45, 7) is 0. The maximum absolute atomic E-state index is 11.1. The fourth-order valence-electron chi connectivity index (χ4n) is 5.36. The molecule has 0 amide bonds. The van der Waals surface area contributed by atoms with Crippen LogP contribution in [-0.2, 0) is 0 Å². The SMILES string of the molecule is O[C@@H]1[C@H](O)[C@@H](Nc2ncnc3nc[nH]c23)c2c(cc3ccc4cccc5ccc2c3c45)[C@H]1O. The Labute approximate surface area is 186 Å². The molecule has 0 fully saturated rings. The standard InChI is InChI=1S/C25H19N5O3/c31-21-15-8-13-5-4-11-2-1-3-12-6-7-14(17(13)16(11)12)18(15)19(22(32)23(21)33)30-25-20-24(27-9-26-20)28-10-29-25/h1-10,19,21-23,31-33H,(H2,26,27,28,29,30)/t19-,21+,22+,23-/m0/s1. The lowest BCUT2D eigenvalue weighted by Crippen LogP contribution is -2.44. The second-order valence-corrected chi connectivity index (χ2v) is 8.61. The van der Waals surface area contributed by atoms with Crippen molar-refractivity contribution in [1.82, 2.24) is 19.9 Å². The summed E-state index contributed by atoms with van der Waals surface area (Å²) in [5, 5.41) is 42.4. The normalized spacial score (nSPS) is 23.0. The number of hydrogen-bond donors (Lipinski definition) is 5. The van der Waals surface area contributed by atoms with Gasteiger partial charge in [0.05, 0.1) is 12.4 Å². The number of aliphatic hydroxyl groups is 3. The number of fused-ring (bicyclic) bond motifs is 3. The number of aromatic nitrogens is 4. The van der Waals surface area contributed by atoms with E-state index in [4.69, 9.17) is 0 Å². The number of nitrogens with zero attached hydrogens (tertiary/aromatic N) is 3. The van der Waals surface area contributed by atoms with E-state index in [1.54, 1.807) is 0 Å². The molecular formula is C25H19N5O3. The number of H-pyrrole nitrogens is 1. The van der Waals surface area contributed by atoms with E-state index in [9.17, 15) is 15.3 Å². The van der Waals surface area contributed by atoms with Crippen LogP contribution in [0.5, 0.6) is 0 Å². The largest absolute Gasteiger partial charge is 0.388 e. The molecule has 8 heteroatoms. The maximum atomic E-state index is 11.1. The molecule has 7 rings (SSSR count). The first-order chi connectivity index (χ1) is 16.1. The van der Waals surface area contributed by atoms with Gasteiger partial charge in [0.1, 0.15) is 30.2 Å². The number of aromatic amines is 1. The summed E-state index contributed by atoms with van der Waals surface area (Å²) in [5.74, 6) is 0.460. The van der Waals surface area contributed by atoms with Crippen molar-refractivity contribution in [3.8, 4) is 0 Å². The third kappa shape index (κ3) is 2.48. The number of hydrogen-bond acceptors (Lipinski definition) is 7. The molecule has 1 aliphatic rings. The first-order valence-electron chi connectivity index (χ1n) is 10.8. The van der Waals surface area contributed by atoms with Crippen LogP contribution in [0, 0.1) is 0 Å². The zero-order chi connectivity index (χ0) is 22.3. The van der Waals surface area contributed by atoms with Crippen molar-refractivity contribution in [2.75, 3.05) is 5.32 Å². The summed E-state index contributed by atoms with van der Waals surface area (Å²) in [6, 6.07) is 15.6. The lowest BCUT2D eigenvalue weighted by Gasteiger charge is -2.39. The van der Waals surface area contributed by atoms with E-state index in [0.717, 1.165) is 37.9 Å². The summed E-state index contributed by atoms with van der Waals surface area (Å²) in [5.41, 5.74) is 2.43. The molecule has 2 heterocycles. The molecule has 0 saturated heterocycles. The molecule has 1 aliphatic carbocycles. The zero-order valence-electron chi connectivity index (χ0n) is 17.3. The first-order valence-corrected chi connectivity index (χ1v) is 10.8. The van der Waals surface area contributed by atoms with Crippen molar-refractivity contribution in [2.24, 2.45) is 0 Å². The van der Waals surface area contributed by atoms with E-state index < -0.39 is 24.4 Å². The molecule has 162 valence electrons. The highest BCUT2D eigenvalue weighted by atomic mass is 16.4. The van der Waals surface area contributed by atoms with E-state index in [-0.39, 0.29) is 0 Å². The number of anilines is 1. The predicted octanol–water partition coefficient (Wildman–Crippen LogP) is 3.17. The summed E-state index contributed by atoms with van der Waals surface area (Å²) in [4.78, 5) is 15.7. The number of nitrogens with one attached hydrogen (secondary N) is 2. The van der Waals surface area contributed by atoms with E-state index >= 15 is 0 Å². The van der Waals surface area contributed by atoms with Crippen LogP contribution in [0.25, 0.3) is 43.5 Å². The van der Waals surface area contributed by atoms with Crippen molar-refractivity contribution in [3.63, 3.8) is 0 Å². The molecule has 0 aliphatic heterocycles.